The zero-order valence-electron chi connectivity index (χ0n) is 9.01. The van der Waals surface area contributed by atoms with Crippen LogP contribution in [0.4, 0.5) is 0 Å². The molecule has 1 heterocycles. The number of aliphatic carboxylic acids is 1. The molecule has 1 atom stereocenters. The van der Waals surface area contributed by atoms with Crippen LogP contribution in [0.5, 0.6) is 0 Å². The molecule has 1 unspecified atom stereocenters. The zero-order valence-corrected chi connectivity index (χ0v) is 10.6. The lowest BCUT2D eigenvalue weighted by Crippen LogP contribution is -2.37. The number of carbonyl (C=O) groups is 2. The maximum Gasteiger partial charge on any atom is 0.334 e. The number of ether oxygens (including phenoxy) is 1. The van der Waals surface area contributed by atoms with Crippen molar-refractivity contribution in [3.63, 3.8) is 0 Å². The first-order valence-corrected chi connectivity index (χ1v) is 5.49. The van der Waals surface area contributed by atoms with E-state index in [1.54, 1.807) is 0 Å². The van der Waals surface area contributed by atoms with Gasteiger partial charge in [-0.2, -0.15) is 0 Å². The van der Waals surface area contributed by atoms with Gasteiger partial charge in [0.2, 0.25) is 0 Å². The van der Waals surface area contributed by atoms with Crippen LogP contribution >= 0.6 is 15.9 Å². The maximum atomic E-state index is 11.7. The van der Waals surface area contributed by atoms with E-state index in [1.165, 1.54) is 25.6 Å². The van der Waals surface area contributed by atoms with Crippen LogP contribution < -0.4 is 5.32 Å². The molecule has 1 aromatic heterocycles. The molecule has 0 aliphatic rings. The van der Waals surface area contributed by atoms with Gasteiger partial charge in [-0.15, -0.1) is 0 Å². The summed E-state index contributed by atoms with van der Waals surface area (Å²) in [7, 11) is 1.27. The van der Waals surface area contributed by atoms with Crippen LogP contribution in [0.2, 0.25) is 0 Å². The highest BCUT2D eigenvalue weighted by Crippen LogP contribution is 2.13. The fourth-order valence-electron chi connectivity index (χ4n) is 1.11. The minimum Gasteiger partial charge on any atom is -0.479 e. The van der Waals surface area contributed by atoms with Gasteiger partial charge in [0, 0.05) is 24.0 Å². The number of carbonyl (C=O) groups excluding carboxylic acids is 1. The molecule has 0 spiro atoms. The second-order valence-corrected chi connectivity index (χ2v) is 3.98. The number of rotatable bonds is 5. The van der Waals surface area contributed by atoms with Gasteiger partial charge in [-0.3, -0.25) is 9.78 Å². The third-order valence-corrected chi connectivity index (χ3v) is 2.66. The van der Waals surface area contributed by atoms with Gasteiger partial charge in [0.1, 0.15) is 0 Å². The molecule has 1 rings (SSSR count). The van der Waals surface area contributed by atoms with Crippen LogP contribution in [-0.4, -0.2) is 41.7 Å². The summed E-state index contributed by atoms with van der Waals surface area (Å²) in [5, 5.41) is 11.2. The van der Waals surface area contributed by atoms with E-state index in [9.17, 15) is 9.59 Å². The highest BCUT2D eigenvalue weighted by molar-refractivity contribution is 9.10. The maximum absolute atomic E-state index is 11.7. The summed E-state index contributed by atoms with van der Waals surface area (Å²) in [6.45, 7) is -0.0978. The van der Waals surface area contributed by atoms with E-state index in [-0.39, 0.29) is 12.5 Å². The Labute approximate surface area is 106 Å². The van der Waals surface area contributed by atoms with Crippen LogP contribution in [0.1, 0.15) is 10.4 Å². The topological polar surface area (TPSA) is 88.5 Å². The number of pyridine rings is 1. The molecule has 2 N–H and O–H groups in total. The number of nitrogens with one attached hydrogen (secondary N) is 1. The molecule has 0 radical (unpaired) electrons. The summed E-state index contributed by atoms with van der Waals surface area (Å²) in [6.07, 6.45) is 1.91. The monoisotopic (exact) mass is 302 g/mol. The highest BCUT2D eigenvalue weighted by atomic mass is 79.9. The van der Waals surface area contributed by atoms with Crippen molar-refractivity contribution < 1.29 is 19.4 Å². The number of methoxy groups -OCH3 is 1. The van der Waals surface area contributed by atoms with Gasteiger partial charge in [-0.05, 0) is 22.0 Å². The molecular formula is C10H11BrN2O4. The molecule has 7 heteroatoms. The third-order valence-electron chi connectivity index (χ3n) is 2.03. The quantitative estimate of drug-likeness (QED) is 0.835. The largest absolute Gasteiger partial charge is 0.479 e. The van der Waals surface area contributed by atoms with Crippen molar-refractivity contribution >= 4 is 27.8 Å². The zero-order chi connectivity index (χ0) is 12.8. The van der Waals surface area contributed by atoms with Gasteiger partial charge >= 0.3 is 5.97 Å². The summed E-state index contributed by atoms with van der Waals surface area (Å²) in [4.78, 5) is 26.2. The first-order valence-electron chi connectivity index (χ1n) is 4.69. The summed E-state index contributed by atoms with van der Waals surface area (Å²) in [6, 6.07) is 1.53. The van der Waals surface area contributed by atoms with E-state index in [1.807, 2.05) is 0 Å². The number of carboxylic acids is 1. The van der Waals surface area contributed by atoms with Crippen LogP contribution in [0.3, 0.4) is 0 Å². The Morgan fingerprint density at radius 3 is 2.88 bits per heavy atom. The Hall–Kier alpha value is -1.47. The third kappa shape index (κ3) is 3.79. The number of hydrogen-bond acceptors (Lipinski definition) is 4. The molecule has 0 aliphatic heterocycles. The smallest absolute Gasteiger partial charge is 0.334 e. The number of halogens is 1. The standard InChI is InChI=1S/C10H11BrN2O4/c1-17-8(10(15)16)5-13-9(14)6-2-3-12-4-7(6)11/h2-4,8H,5H2,1H3,(H,13,14)(H,15,16). The Bertz CT molecular complexity index is 425. The van der Waals surface area contributed by atoms with Gasteiger partial charge in [-0.25, -0.2) is 4.79 Å². The summed E-state index contributed by atoms with van der Waals surface area (Å²) < 4.78 is 5.23. The van der Waals surface area contributed by atoms with E-state index in [4.69, 9.17) is 5.11 Å². The molecule has 0 aliphatic carbocycles. The van der Waals surface area contributed by atoms with Gasteiger partial charge in [0.05, 0.1) is 12.1 Å². The van der Waals surface area contributed by atoms with E-state index in [0.717, 1.165) is 0 Å². The van der Waals surface area contributed by atoms with Crippen molar-refractivity contribution in [2.45, 2.75) is 6.10 Å². The average molecular weight is 303 g/mol. The molecular weight excluding hydrogens is 292 g/mol. The van der Waals surface area contributed by atoms with E-state index >= 15 is 0 Å². The summed E-state index contributed by atoms with van der Waals surface area (Å²) >= 11 is 3.18. The van der Waals surface area contributed by atoms with Crippen molar-refractivity contribution in [3.05, 3.63) is 28.5 Å². The summed E-state index contributed by atoms with van der Waals surface area (Å²) in [5.41, 5.74) is 0.389. The van der Waals surface area contributed by atoms with Gasteiger partial charge in [0.15, 0.2) is 6.10 Å². The van der Waals surface area contributed by atoms with Crippen LogP contribution in [-0.2, 0) is 9.53 Å². The van der Waals surface area contributed by atoms with Crippen molar-refractivity contribution in [1.82, 2.24) is 10.3 Å². The lowest BCUT2D eigenvalue weighted by molar-refractivity contribution is -0.148. The number of carboxylic acid groups (broad SMARTS) is 1. The number of aromatic nitrogens is 1. The molecule has 0 saturated heterocycles. The fourth-order valence-corrected chi connectivity index (χ4v) is 1.54. The molecule has 0 bridgehead atoms. The number of nitrogens with zero attached hydrogens (tertiary/aromatic N) is 1. The van der Waals surface area contributed by atoms with Gasteiger partial charge in [0.25, 0.3) is 5.91 Å². The first-order chi connectivity index (χ1) is 8.06. The van der Waals surface area contributed by atoms with Crippen LogP contribution in [0, 0.1) is 0 Å². The lowest BCUT2D eigenvalue weighted by Gasteiger charge is -2.11. The second kappa shape index (κ2) is 6.31. The highest BCUT2D eigenvalue weighted by Gasteiger charge is 2.18. The average Bonchev–Trinajstić information content (AvgIpc) is 2.29. The fraction of sp³-hybridized carbons (Fsp3) is 0.300. The molecule has 1 aromatic rings. The molecule has 0 fully saturated rings. The Balaban J connectivity index is 2.62. The van der Waals surface area contributed by atoms with Gasteiger partial charge in [-0.1, -0.05) is 0 Å². The Kier molecular flexibility index (Phi) is 5.05. The molecule has 0 saturated carbocycles. The SMILES string of the molecule is COC(CNC(=O)c1ccncc1Br)C(=O)O. The normalized spacial score (nSPS) is 11.9. The van der Waals surface area contributed by atoms with Crippen LogP contribution in [0.15, 0.2) is 22.9 Å². The second-order valence-electron chi connectivity index (χ2n) is 3.13. The van der Waals surface area contributed by atoms with E-state index < -0.39 is 12.1 Å². The Morgan fingerprint density at radius 1 is 1.65 bits per heavy atom. The van der Waals surface area contributed by atoms with Crippen LogP contribution in [0.25, 0.3) is 0 Å². The van der Waals surface area contributed by atoms with E-state index in [0.29, 0.717) is 10.0 Å². The van der Waals surface area contributed by atoms with Crippen molar-refractivity contribution in [3.8, 4) is 0 Å². The minimum absolute atomic E-state index is 0.0978. The molecule has 0 aromatic carbocycles. The predicted octanol–water partition coefficient (Wildman–Crippen LogP) is 0.673. The summed E-state index contributed by atoms with van der Waals surface area (Å²) in [5.74, 6) is -1.51. The molecule has 92 valence electrons. The van der Waals surface area contributed by atoms with Crippen molar-refractivity contribution in [2.24, 2.45) is 0 Å². The van der Waals surface area contributed by atoms with Gasteiger partial charge < -0.3 is 15.2 Å². The minimum atomic E-state index is -1.12. The molecule has 6 nitrogen and oxygen atoms in total. The Morgan fingerprint density at radius 2 is 2.35 bits per heavy atom. The lowest BCUT2D eigenvalue weighted by atomic mass is 10.2. The van der Waals surface area contributed by atoms with Crippen molar-refractivity contribution in [1.29, 1.82) is 0 Å². The predicted molar refractivity (Wildman–Crippen MR) is 62.7 cm³/mol. The van der Waals surface area contributed by atoms with Crippen molar-refractivity contribution in [2.75, 3.05) is 13.7 Å². The van der Waals surface area contributed by atoms with E-state index in [2.05, 4.69) is 31.0 Å². The number of amides is 1. The molecule has 17 heavy (non-hydrogen) atoms. The molecule has 1 amide bonds. The first kappa shape index (κ1) is 13.6. The number of hydrogen-bond donors (Lipinski definition) is 2.